The van der Waals surface area contributed by atoms with Gasteiger partial charge in [-0.25, -0.2) is 13.1 Å². The molecule has 15 heavy (non-hydrogen) atoms. The van der Waals surface area contributed by atoms with Gasteiger partial charge in [0.25, 0.3) is 0 Å². The summed E-state index contributed by atoms with van der Waals surface area (Å²) < 4.78 is 25.5. The molecule has 0 spiro atoms. The molecular weight excluding hydrogens is 212 g/mol. The molecule has 0 bridgehead atoms. The Morgan fingerprint density at radius 1 is 1.60 bits per heavy atom. The molecular formula is C10H20N2O2S. The molecule has 1 fully saturated rings. The molecule has 5 heteroatoms. The van der Waals surface area contributed by atoms with Crippen LogP contribution in [0.15, 0.2) is 12.7 Å². The van der Waals surface area contributed by atoms with E-state index in [2.05, 4.69) is 23.5 Å². The zero-order chi connectivity index (χ0) is 11.4. The van der Waals surface area contributed by atoms with E-state index in [-0.39, 0.29) is 11.2 Å². The van der Waals surface area contributed by atoms with Gasteiger partial charge >= 0.3 is 0 Å². The second-order valence-corrected chi connectivity index (χ2v) is 6.33. The van der Waals surface area contributed by atoms with Crippen LogP contribution in [-0.4, -0.2) is 33.8 Å². The fraction of sp³-hybridized carbons (Fsp3) is 0.800. The number of piperidine rings is 1. The Bertz CT molecular complexity index is 305. The zero-order valence-electron chi connectivity index (χ0n) is 9.25. The Morgan fingerprint density at radius 2 is 2.33 bits per heavy atom. The standard InChI is InChI=1S/C10H20N2O2S/c1-3-7-15(13,14)12-9-10(2)5-4-6-11-8-10/h3,11-12H,1,4-9H2,2H3. The summed E-state index contributed by atoms with van der Waals surface area (Å²) >= 11 is 0. The van der Waals surface area contributed by atoms with E-state index in [0.717, 1.165) is 25.9 Å². The van der Waals surface area contributed by atoms with Crippen molar-refractivity contribution in [2.24, 2.45) is 5.41 Å². The van der Waals surface area contributed by atoms with E-state index in [1.54, 1.807) is 0 Å². The van der Waals surface area contributed by atoms with E-state index in [4.69, 9.17) is 0 Å². The smallest absolute Gasteiger partial charge is 0.215 e. The quantitative estimate of drug-likeness (QED) is 0.678. The summed E-state index contributed by atoms with van der Waals surface area (Å²) in [4.78, 5) is 0. The first-order valence-corrected chi connectivity index (χ1v) is 6.92. The highest BCUT2D eigenvalue weighted by Gasteiger charge is 2.27. The Hall–Kier alpha value is -0.390. The molecule has 0 amide bonds. The van der Waals surface area contributed by atoms with E-state index in [1.807, 2.05) is 0 Å². The molecule has 1 heterocycles. The van der Waals surface area contributed by atoms with Crippen molar-refractivity contribution < 1.29 is 8.42 Å². The molecule has 0 aliphatic carbocycles. The zero-order valence-corrected chi connectivity index (χ0v) is 10.1. The van der Waals surface area contributed by atoms with Gasteiger partial charge in [0.05, 0.1) is 5.75 Å². The SMILES string of the molecule is C=CCS(=O)(=O)NCC1(C)CCCNC1. The van der Waals surface area contributed by atoms with Crippen LogP contribution in [-0.2, 0) is 10.0 Å². The van der Waals surface area contributed by atoms with Crippen molar-refractivity contribution in [3.8, 4) is 0 Å². The molecule has 1 rings (SSSR count). The highest BCUT2D eigenvalue weighted by Crippen LogP contribution is 2.24. The minimum atomic E-state index is -3.16. The maximum atomic E-state index is 11.4. The van der Waals surface area contributed by atoms with Crippen LogP contribution in [0.4, 0.5) is 0 Å². The molecule has 1 unspecified atom stereocenters. The van der Waals surface area contributed by atoms with Crippen LogP contribution in [0, 0.1) is 5.41 Å². The van der Waals surface area contributed by atoms with Gasteiger partial charge in [-0.2, -0.15) is 0 Å². The Kier molecular flexibility index (Phi) is 4.31. The number of nitrogens with one attached hydrogen (secondary N) is 2. The molecule has 1 saturated heterocycles. The van der Waals surface area contributed by atoms with Crippen molar-refractivity contribution in [3.05, 3.63) is 12.7 Å². The summed E-state index contributed by atoms with van der Waals surface area (Å²) in [6.07, 6.45) is 3.58. The van der Waals surface area contributed by atoms with Crippen LogP contribution in [0.5, 0.6) is 0 Å². The summed E-state index contributed by atoms with van der Waals surface area (Å²) in [6.45, 7) is 7.96. The fourth-order valence-electron chi connectivity index (χ4n) is 1.77. The van der Waals surface area contributed by atoms with E-state index >= 15 is 0 Å². The van der Waals surface area contributed by atoms with Gasteiger partial charge in [-0.15, -0.1) is 6.58 Å². The van der Waals surface area contributed by atoms with Crippen molar-refractivity contribution in [1.82, 2.24) is 10.0 Å². The minimum Gasteiger partial charge on any atom is -0.316 e. The Balaban J connectivity index is 2.44. The van der Waals surface area contributed by atoms with E-state index < -0.39 is 10.0 Å². The lowest BCUT2D eigenvalue weighted by Crippen LogP contribution is -2.45. The molecule has 1 atom stereocenters. The molecule has 0 aromatic heterocycles. The lowest BCUT2D eigenvalue weighted by molar-refractivity contribution is 0.238. The largest absolute Gasteiger partial charge is 0.316 e. The van der Waals surface area contributed by atoms with Crippen LogP contribution in [0.2, 0.25) is 0 Å². The maximum absolute atomic E-state index is 11.4. The summed E-state index contributed by atoms with van der Waals surface area (Å²) in [7, 11) is -3.16. The van der Waals surface area contributed by atoms with Gasteiger partial charge < -0.3 is 5.32 Å². The van der Waals surface area contributed by atoms with Crippen LogP contribution in [0.1, 0.15) is 19.8 Å². The summed E-state index contributed by atoms with van der Waals surface area (Å²) in [5, 5.41) is 3.29. The van der Waals surface area contributed by atoms with E-state index in [0.29, 0.717) is 6.54 Å². The number of sulfonamides is 1. The van der Waals surface area contributed by atoms with Gasteiger partial charge in [0.15, 0.2) is 0 Å². The third-order valence-corrected chi connectivity index (χ3v) is 4.00. The van der Waals surface area contributed by atoms with Crippen LogP contribution < -0.4 is 10.0 Å². The monoisotopic (exact) mass is 232 g/mol. The molecule has 1 aliphatic rings. The molecule has 0 saturated carbocycles. The average Bonchev–Trinajstić information content (AvgIpc) is 2.17. The van der Waals surface area contributed by atoms with Gasteiger partial charge in [-0.1, -0.05) is 13.0 Å². The molecule has 0 radical (unpaired) electrons. The second kappa shape index (κ2) is 5.09. The summed E-state index contributed by atoms with van der Waals surface area (Å²) in [6, 6.07) is 0. The average molecular weight is 232 g/mol. The predicted molar refractivity (Wildman–Crippen MR) is 62.2 cm³/mol. The third kappa shape index (κ3) is 4.32. The van der Waals surface area contributed by atoms with Gasteiger partial charge in [-0.05, 0) is 24.8 Å². The van der Waals surface area contributed by atoms with Crippen LogP contribution in [0.25, 0.3) is 0 Å². The van der Waals surface area contributed by atoms with Gasteiger partial charge in [0.2, 0.25) is 10.0 Å². The Morgan fingerprint density at radius 3 is 2.87 bits per heavy atom. The topological polar surface area (TPSA) is 58.2 Å². The molecule has 0 aromatic carbocycles. The van der Waals surface area contributed by atoms with Gasteiger partial charge in [0.1, 0.15) is 0 Å². The first-order chi connectivity index (χ1) is 6.97. The van der Waals surface area contributed by atoms with Crippen molar-refractivity contribution in [2.75, 3.05) is 25.4 Å². The summed E-state index contributed by atoms with van der Waals surface area (Å²) in [5.74, 6) is -0.00346. The van der Waals surface area contributed by atoms with Crippen LogP contribution in [0.3, 0.4) is 0 Å². The fourth-order valence-corrected chi connectivity index (χ4v) is 2.76. The number of hydrogen-bond acceptors (Lipinski definition) is 3. The first-order valence-electron chi connectivity index (χ1n) is 5.26. The molecule has 4 nitrogen and oxygen atoms in total. The lowest BCUT2D eigenvalue weighted by atomic mass is 9.83. The maximum Gasteiger partial charge on any atom is 0.215 e. The normalized spacial score (nSPS) is 27.5. The second-order valence-electron chi connectivity index (χ2n) is 4.48. The van der Waals surface area contributed by atoms with Crippen LogP contribution >= 0.6 is 0 Å². The van der Waals surface area contributed by atoms with E-state index in [9.17, 15) is 8.42 Å². The predicted octanol–water partition coefficient (Wildman–Crippen LogP) is 0.481. The molecule has 1 aliphatic heterocycles. The van der Waals surface area contributed by atoms with Crippen molar-refractivity contribution >= 4 is 10.0 Å². The molecule has 0 aromatic rings. The minimum absolute atomic E-state index is 0.00346. The highest BCUT2D eigenvalue weighted by atomic mass is 32.2. The summed E-state index contributed by atoms with van der Waals surface area (Å²) in [5.41, 5.74) is 0.0481. The lowest BCUT2D eigenvalue weighted by Gasteiger charge is -2.34. The molecule has 88 valence electrons. The number of rotatable bonds is 5. The van der Waals surface area contributed by atoms with Crippen molar-refractivity contribution in [3.63, 3.8) is 0 Å². The van der Waals surface area contributed by atoms with E-state index in [1.165, 1.54) is 6.08 Å². The van der Waals surface area contributed by atoms with Gasteiger partial charge in [0, 0.05) is 13.1 Å². The first kappa shape index (κ1) is 12.7. The highest BCUT2D eigenvalue weighted by molar-refractivity contribution is 7.89. The van der Waals surface area contributed by atoms with Gasteiger partial charge in [-0.3, -0.25) is 0 Å². The Labute approximate surface area is 92.2 Å². The van der Waals surface area contributed by atoms with Crippen molar-refractivity contribution in [1.29, 1.82) is 0 Å². The van der Waals surface area contributed by atoms with Crippen molar-refractivity contribution in [2.45, 2.75) is 19.8 Å². The molecule has 2 N–H and O–H groups in total. The number of hydrogen-bond donors (Lipinski definition) is 2. The third-order valence-electron chi connectivity index (χ3n) is 2.74.